The lowest BCUT2D eigenvalue weighted by atomic mass is 10.3. The van der Waals surface area contributed by atoms with E-state index in [1.807, 2.05) is 0 Å². The predicted octanol–water partition coefficient (Wildman–Crippen LogP) is 2.07. The molecule has 0 saturated carbocycles. The zero-order valence-electron chi connectivity index (χ0n) is 13.0. The van der Waals surface area contributed by atoms with Crippen LogP contribution in [0.15, 0.2) is 62.7 Å². The first-order valence-corrected chi connectivity index (χ1v) is 9.29. The highest BCUT2D eigenvalue weighted by Crippen LogP contribution is 2.27. The third kappa shape index (κ3) is 2.65. The normalized spacial score (nSPS) is 15.8. The van der Waals surface area contributed by atoms with Crippen molar-refractivity contribution in [2.75, 3.05) is 31.1 Å². The number of piperazine rings is 1. The molecule has 3 aromatic rings. The zero-order chi connectivity index (χ0) is 16.6. The average Bonchev–Trinajstić information content (AvgIpc) is 3.06. The Morgan fingerprint density at radius 2 is 1.75 bits per heavy atom. The molecule has 1 aliphatic rings. The van der Waals surface area contributed by atoms with E-state index in [1.54, 1.807) is 48.5 Å². The second-order valence-corrected chi connectivity index (χ2v) is 7.63. The van der Waals surface area contributed by atoms with Crippen molar-refractivity contribution in [1.29, 1.82) is 0 Å². The molecule has 0 unspecified atom stereocenters. The van der Waals surface area contributed by atoms with E-state index in [0.29, 0.717) is 17.1 Å². The summed E-state index contributed by atoms with van der Waals surface area (Å²) in [6.07, 6.45) is 0. The molecule has 1 fully saturated rings. The van der Waals surface area contributed by atoms with Crippen molar-refractivity contribution in [3.05, 3.63) is 48.5 Å². The Balaban J connectivity index is 1.73. The number of aromatic nitrogens is 1. The molecule has 0 bridgehead atoms. The summed E-state index contributed by atoms with van der Waals surface area (Å²) in [5.74, 6) is 0. The number of oxazole rings is 1. The second kappa shape index (κ2) is 5.92. The number of anilines is 1. The number of rotatable bonds is 3. The Labute approximate surface area is 140 Å². The van der Waals surface area contributed by atoms with Crippen LogP contribution in [-0.2, 0) is 9.84 Å². The van der Waals surface area contributed by atoms with Gasteiger partial charge in [0.05, 0.1) is 9.79 Å². The number of benzene rings is 2. The van der Waals surface area contributed by atoms with E-state index in [4.69, 9.17) is 4.42 Å². The molecule has 2 aromatic carbocycles. The highest BCUT2D eigenvalue weighted by atomic mass is 32.2. The van der Waals surface area contributed by atoms with E-state index >= 15 is 0 Å². The molecule has 1 aliphatic heterocycles. The second-order valence-electron chi connectivity index (χ2n) is 5.68. The number of nitrogens with zero attached hydrogens (tertiary/aromatic N) is 2. The molecular formula is C17H17N3O3S. The number of hydrogen-bond acceptors (Lipinski definition) is 6. The first kappa shape index (κ1) is 15.2. The van der Waals surface area contributed by atoms with Crippen molar-refractivity contribution in [3.63, 3.8) is 0 Å². The van der Waals surface area contributed by atoms with Gasteiger partial charge in [-0.2, -0.15) is 4.98 Å². The molecule has 0 amide bonds. The standard InChI is InChI=1S/C17H17N3O3S/c21-24(22,13-4-2-1-3-5-13)14-6-7-15-16(12-14)23-17(19-15)20-10-8-18-9-11-20/h1-7,12,18H,8-11H2. The van der Waals surface area contributed by atoms with Gasteiger partial charge in [-0.05, 0) is 24.3 Å². The molecular weight excluding hydrogens is 326 g/mol. The first-order valence-electron chi connectivity index (χ1n) is 7.81. The number of fused-ring (bicyclic) bond motifs is 1. The molecule has 124 valence electrons. The van der Waals surface area contributed by atoms with Gasteiger partial charge in [0, 0.05) is 32.2 Å². The van der Waals surface area contributed by atoms with Crippen molar-refractivity contribution in [3.8, 4) is 0 Å². The lowest BCUT2D eigenvalue weighted by Crippen LogP contribution is -2.43. The summed E-state index contributed by atoms with van der Waals surface area (Å²) >= 11 is 0. The third-order valence-corrected chi connectivity index (χ3v) is 5.87. The summed E-state index contributed by atoms with van der Waals surface area (Å²) in [6, 6.07) is 13.8. The molecule has 2 heterocycles. The van der Waals surface area contributed by atoms with Gasteiger partial charge in [-0.1, -0.05) is 18.2 Å². The van der Waals surface area contributed by atoms with Crippen LogP contribution in [0.25, 0.3) is 11.1 Å². The fourth-order valence-corrected chi connectivity index (χ4v) is 4.08. The molecule has 6 nitrogen and oxygen atoms in total. The highest BCUT2D eigenvalue weighted by molar-refractivity contribution is 7.91. The molecule has 1 N–H and O–H groups in total. The van der Waals surface area contributed by atoms with Gasteiger partial charge >= 0.3 is 0 Å². The molecule has 0 atom stereocenters. The Hall–Kier alpha value is -2.38. The molecule has 0 spiro atoms. The minimum absolute atomic E-state index is 0.212. The van der Waals surface area contributed by atoms with Crippen molar-refractivity contribution < 1.29 is 12.8 Å². The van der Waals surface area contributed by atoms with Crippen LogP contribution in [-0.4, -0.2) is 39.6 Å². The van der Waals surface area contributed by atoms with Crippen LogP contribution in [0, 0.1) is 0 Å². The minimum Gasteiger partial charge on any atom is -0.423 e. The van der Waals surface area contributed by atoms with Crippen molar-refractivity contribution >= 4 is 27.0 Å². The summed E-state index contributed by atoms with van der Waals surface area (Å²) in [4.78, 5) is 7.01. The SMILES string of the molecule is O=S(=O)(c1ccccc1)c1ccc2nc(N3CCNCC3)oc2c1. The number of sulfone groups is 1. The first-order chi connectivity index (χ1) is 11.6. The van der Waals surface area contributed by atoms with Crippen LogP contribution in [0.2, 0.25) is 0 Å². The van der Waals surface area contributed by atoms with E-state index in [2.05, 4.69) is 15.2 Å². The Morgan fingerprint density at radius 1 is 1.00 bits per heavy atom. The molecule has 0 aliphatic carbocycles. The largest absolute Gasteiger partial charge is 0.423 e. The number of hydrogen-bond donors (Lipinski definition) is 1. The fraction of sp³-hybridized carbons (Fsp3) is 0.235. The molecule has 1 saturated heterocycles. The Morgan fingerprint density at radius 3 is 2.50 bits per heavy atom. The molecule has 1 aromatic heterocycles. The smallest absolute Gasteiger partial charge is 0.298 e. The lowest BCUT2D eigenvalue weighted by molar-refractivity contribution is 0.517. The van der Waals surface area contributed by atoms with E-state index < -0.39 is 9.84 Å². The van der Waals surface area contributed by atoms with Gasteiger partial charge in [0.25, 0.3) is 6.01 Å². The highest BCUT2D eigenvalue weighted by Gasteiger charge is 2.21. The summed E-state index contributed by atoms with van der Waals surface area (Å²) in [6.45, 7) is 3.41. The van der Waals surface area contributed by atoms with Gasteiger partial charge in [-0.3, -0.25) is 0 Å². The minimum atomic E-state index is -3.56. The van der Waals surface area contributed by atoms with Crippen LogP contribution in [0.4, 0.5) is 6.01 Å². The van der Waals surface area contributed by atoms with E-state index in [9.17, 15) is 8.42 Å². The van der Waals surface area contributed by atoms with Gasteiger partial charge in [0.2, 0.25) is 9.84 Å². The van der Waals surface area contributed by atoms with Crippen molar-refractivity contribution in [2.24, 2.45) is 0 Å². The van der Waals surface area contributed by atoms with Crippen LogP contribution >= 0.6 is 0 Å². The summed E-state index contributed by atoms with van der Waals surface area (Å²) in [5.41, 5.74) is 1.15. The monoisotopic (exact) mass is 343 g/mol. The van der Waals surface area contributed by atoms with E-state index in [0.717, 1.165) is 26.2 Å². The van der Waals surface area contributed by atoms with Gasteiger partial charge in [-0.15, -0.1) is 0 Å². The number of nitrogens with one attached hydrogen (secondary N) is 1. The molecule has 4 rings (SSSR count). The van der Waals surface area contributed by atoms with E-state index in [1.165, 1.54) is 0 Å². The van der Waals surface area contributed by atoms with Gasteiger partial charge in [0.1, 0.15) is 5.52 Å². The summed E-state index contributed by atoms with van der Waals surface area (Å²) in [5, 5.41) is 3.27. The maximum Gasteiger partial charge on any atom is 0.298 e. The summed E-state index contributed by atoms with van der Waals surface area (Å²) < 4.78 is 31.2. The Bertz CT molecular complexity index is 961. The van der Waals surface area contributed by atoms with Crippen LogP contribution < -0.4 is 10.2 Å². The van der Waals surface area contributed by atoms with Crippen LogP contribution in [0.3, 0.4) is 0 Å². The Kier molecular flexibility index (Phi) is 3.74. The molecule has 24 heavy (non-hydrogen) atoms. The predicted molar refractivity (Wildman–Crippen MR) is 91.0 cm³/mol. The quantitative estimate of drug-likeness (QED) is 0.785. The van der Waals surface area contributed by atoms with E-state index in [-0.39, 0.29) is 9.79 Å². The van der Waals surface area contributed by atoms with Gasteiger partial charge in [0.15, 0.2) is 5.58 Å². The third-order valence-electron chi connectivity index (χ3n) is 4.10. The molecule has 7 heteroatoms. The zero-order valence-corrected chi connectivity index (χ0v) is 13.8. The average molecular weight is 343 g/mol. The van der Waals surface area contributed by atoms with Gasteiger partial charge in [-0.25, -0.2) is 8.42 Å². The fourth-order valence-electron chi connectivity index (χ4n) is 2.79. The maximum absolute atomic E-state index is 12.7. The topological polar surface area (TPSA) is 75.4 Å². The summed E-state index contributed by atoms with van der Waals surface area (Å²) in [7, 11) is -3.56. The molecule has 0 radical (unpaired) electrons. The van der Waals surface area contributed by atoms with Crippen LogP contribution in [0.5, 0.6) is 0 Å². The maximum atomic E-state index is 12.7. The van der Waals surface area contributed by atoms with Gasteiger partial charge < -0.3 is 14.6 Å². The van der Waals surface area contributed by atoms with Crippen LogP contribution in [0.1, 0.15) is 0 Å². The lowest BCUT2D eigenvalue weighted by Gasteiger charge is -2.25. The van der Waals surface area contributed by atoms with Crippen molar-refractivity contribution in [2.45, 2.75) is 9.79 Å². The van der Waals surface area contributed by atoms with Crippen molar-refractivity contribution in [1.82, 2.24) is 10.3 Å².